The summed E-state index contributed by atoms with van der Waals surface area (Å²) in [5.74, 6) is -16.3. The second kappa shape index (κ2) is 28.9. The molecule has 31 heteroatoms. The molecule has 0 spiro atoms. The molecular weight excluding hydrogens is 1250 g/mol. The van der Waals surface area contributed by atoms with Crippen LogP contribution in [0.15, 0.2) is 78.9 Å². The number of hydrogen-bond acceptors (Lipinski definition) is 21. The summed E-state index contributed by atoms with van der Waals surface area (Å²) >= 11 is 13.8. The minimum atomic E-state index is -2.28. The van der Waals surface area contributed by atoms with Crippen LogP contribution in [0.3, 0.4) is 0 Å². The average Bonchev–Trinajstić information content (AvgIpc) is 0.781. The molecule has 2 unspecified atom stereocenters. The van der Waals surface area contributed by atoms with Crippen LogP contribution in [0.1, 0.15) is 98.2 Å². The maximum atomic E-state index is 15.6. The number of nitrogens with two attached hydrogens (primary N) is 1. The Hall–Kier alpha value is -9.35. The molecule has 0 aliphatic carbocycles. The summed E-state index contributed by atoms with van der Waals surface area (Å²) < 4.78 is 25.2. The Morgan fingerprint density at radius 1 is 0.761 bits per heavy atom. The number of aromatic hydroxyl groups is 3. The second-order valence-electron chi connectivity index (χ2n) is 22.4. The molecule has 17 N–H and O–H groups in total. The number of nitrogens with zero attached hydrogens (tertiary/aromatic N) is 1. The van der Waals surface area contributed by atoms with E-state index in [1.54, 1.807) is 0 Å². The van der Waals surface area contributed by atoms with Gasteiger partial charge >= 0.3 is 11.9 Å². The summed E-state index contributed by atoms with van der Waals surface area (Å²) in [4.78, 5) is 116. The normalized spacial score (nSPS) is 24.7. The number of aliphatic carboxylic acids is 1. The molecule has 5 aliphatic heterocycles. The maximum absolute atomic E-state index is 15.6. The van der Waals surface area contributed by atoms with Crippen LogP contribution in [0.5, 0.6) is 46.0 Å². The topological polar surface area (TPSA) is 458 Å². The number of rotatable bonds is 12. The molecule has 5 aliphatic rings. The third-order valence-corrected chi connectivity index (χ3v) is 16.0. The van der Waals surface area contributed by atoms with Crippen molar-refractivity contribution in [1.29, 1.82) is 0 Å². The number of hydrogen-bond donors (Lipinski definition) is 16. The Morgan fingerprint density at radius 2 is 1.39 bits per heavy atom. The van der Waals surface area contributed by atoms with E-state index >= 15 is 9.59 Å². The van der Waals surface area contributed by atoms with Gasteiger partial charge in [0, 0.05) is 33.5 Å². The molecule has 29 nitrogen and oxygen atoms in total. The first-order valence-electron chi connectivity index (χ1n) is 28.3. The Kier molecular flexibility index (Phi) is 21.5. The van der Waals surface area contributed by atoms with Gasteiger partial charge in [-0.15, -0.1) is 0 Å². The first-order valence-corrected chi connectivity index (χ1v) is 29.1. The molecule has 1 fully saturated rings. The van der Waals surface area contributed by atoms with Gasteiger partial charge in [0.25, 0.3) is 6.57 Å². The summed E-state index contributed by atoms with van der Waals surface area (Å²) in [6.45, 7) is 9.86. The van der Waals surface area contributed by atoms with Gasteiger partial charge in [-0.25, -0.2) is 4.79 Å². The molecule has 9 bridgehead atoms. The van der Waals surface area contributed by atoms with Crippen molar-refractivity contribution in [3.05, 3.63) is 122 Å². The number of primary amides is 1. The molecule has 7 amide bonds. The Bertz CT molecular complexity index is 3770. The van der Waals surface area contributed by atoms with Crippen LogP contribution in [-0.4, -0.2) is 150 Å². The number of phenolic OH excluding ortho intramolecular Hbond substituents is 3. The minimum Gasteiger partial charge on any atom is -0.508 e. The van der Waals surface area contributed by atoms with Crippen molar-refractivity contribution < 1.29 is 103 Å². The number of phenols is 3. The van der Waals surface area contributed by atoms with Crippen LogP contribution in [0.25, 0.3) is 16.0 Å². The lowest BCUT2D eigenvalue weighted by Gasteiger charge is -2.40. The molecule has 5 aromatic carbocycles. The molecule has 0 saturated carbocycles. The Balaban J connectivity index is 1.42. The van der Waals surface area contributed by atoms with Crippen molar-refractivity contribution in [3.8, 4) is 63.7 Å². The van der Waals surface area contributed by atoms with Crippen molar-refractivity contribution in [1.82, 2.24) is 31.9 Å². The summed E-state index contributed by atoms with van der Waals surface area (Å²) in [5.41, 5.74) is 3.01. The van der Waals surface area contributed by atoms with Crippen LogP contribution in [0.4, 0.5) is 0 Å². The molecule has 488 valence electrons. The van der Waals surface area contributed by atoms with Crippen molar-refractivity contribution in [2.45, 2.75) is 113 Å². The van der Waals surface area contributed by atoms with Gasteiger partial charge in [-0.2, -0.15) is 4.79 Å². The zero-order valence-electron chi connectivity index (χ0n) is 49.2. The SMILES string of the molecule is C#[N+]C(=O)[C@@H]1NC(=O)[C@@H]2NC(=O)C(CC(N)=O)NC(=O)[C@H](NC(=O)[C@@H](CC(C)C)NC)[C@H](O)c3ccc(c(Cl)c3)Oc3cc2cc(c3O[C@@H]2OC(CO)[C@@H](O)[C@H](C)[C@H]2O)Oc2ccc(cc2Cl)[C@@H](O)CC(=O)N[C@H](C(=O)O)c2cc(O)cc(O)c2-c2cc1ccc2O. The number of carboxylic acid groups (broad SMARTS) is 1. The predicted molar refractivity (Wildman–Crippen MR) is 322 cm³/mol. The van der Waals surface area contributed by atoms with E-state index in [9.17, 15) is 74.7 Å². The number of carbonyl (C=O) groups is 8. The molecule has 5 heterocycles. The number of amides is 7. The summed E-state index contributed by atoms with van der Waals surface area (Å²) in [5, 5.41) is 115. The molecule has 0 radical (unpaired) electrons. The highest BCUT2D eigenvalue weighted by Gasteiger charge is 2.45. The molecule has 5 aromatic rings. The van der Waals surface area contributed by atoms with Crippen molar-refractivity contribution in [2.24, 2.45) is 17.6 Å². The monoisotopic (exact) mass is 1320 g/mol. The van der Waals surface area contributed by atoms with Gasteiger partial charge in [-0.3, -0.25) is 28.8 Å². The highest BCUT2D eigenvalue weighted by atomic mass is 35.5. The molecule has 0 aromatic heterocycles. The van der Waals surface area contributed by atoms with E-state index < -0.39 is 202 Å². The Labute approximate surface area is 533 Å². The van der Waals surface area contributed by atoms with Crippen molar-refractivity contribution in [3.63, 3.8) is 0 Å². The number of fused-ring (bicyclic) bond motifs is 16. The number of aliphatic hydroxyl groups is 5. The second-order valence-corrected chi connectivity index (χ2v) is 23.2. The van der Waals surface area contributed by atoms with E-state index in [-0.39, 0.29) is 50.6 Å². The van der Waals surface area contributed by atoms with Crippen LogP contribution in [0, 0.1) is 18.4 Å². The summed E-state index contributed by atoms with van der Waals surface area (Å²) in [7, 11) is 1.48. The third-order valence-electron chi connectivity index (χ3n) is 15.4. The number of likely N-dealkylation sites (N-methyl/N-ethyl adjacent to an activating group) is 1. The van der Waals surface area contributed by atoms with Crippen LogP contribution < -0.4 is 51.8 Å². The smallest absolute Gasteiger partial charge is 0.508 e. The average molecular weight is 1320 g/mol. The van der Waals surface area contributed by atoms with E-state index in [0.29, 0.717) is 0 Å². The van der Waals surface area contributed by atoms with Gasteiger partial charge in [0.05, 0.1) is 47.7 Å². The first-order chi connectivity index (χ1) is 43.5. The number of benzene rings is 5. The fourth-order valence-corrected chi connectivity index (χ4v) is 11.0. The van der Waals surface area contributed by atoms with Gasteiger partial charge in [0.2, 0.25) is 53.5 Å². The minimum absolute atomic E-state index is 0.0746. The fraction of sp³-hybridized carbons (Fsp3) is 0.361. The van der Waals surface area contributed by atoms with E-state index in [4.69, 9.17) is 54.5 Å². The highest BCUT2D eigenvalue weighted by Crippen LogP contribution is 2.49. The number of carboxylic acids is 1. The van der Waals surface area contributed by atoms with Gasteiger partial charge in [-0.1, -0.05) is 62.2 Å². The Morgan fingerprint density at radius 3 is 1.98 bits per heavy atom. The van der Waals surface area contributed by atoms with Crippen LogP contribution >= 0.6 is 23.2 Å². The lowest BCUT2D eigenvalue weighted by atomic mass is 9.90. The van der Waals surface area contributed by atoms with Crippen molar-refractivity contribution in [2.75, 3.05) is 13.7 Å². The largest absolute Gasteiger partial charge is 0.541 e. The zero-order chi connectivity index (χ0) is 67.3. The summed E-state index contributed by atoms with van der Waals surface area (Å²) in [6, 6.07) is 2.08. The molecule has 10 rings (SSSR count). The van der Waals surface area contributed by atoms with E-state index in [2.05, 4.69) is 36.7 Å². The van der Waals surface area contributed by atoms with Gasteiger partial charge in [0.1, 0.15) is 65.2 Å². The predicted octanol–water partition coefficient (Wildman–Crippen LogP) is 2.52. The fourth-order valence-electron chi connectivity index (χ4n) is 10.6. The van der Waals surface area contributed by atoms with Gasteiger partial charge in [0.15, 0.2) is 17.5 Å². The molecule has 92 heavy (non-hydrogen) atoms. The number of ether oxygens (including phenoxy) is 4. The number of nitrogens with one attached hydrogen (secondary N) is 6. The van der Waals surface area contributed by atoms with Crippen molar-refractivity contribution >= 4 is 70.5 Å². The zero-order valence-corrected chi connectivity index (χ0v) is 50.7. The summed E-state index contributed by atoms with van der Waals surface area (Å²) in [6.07, 6.45) is -11.9. The van der Waals surface area contributed by atoms with Crippen LogP contribution in [0.2, 0.25) is 10.0 Å². The van der Waals surface area contributed by atoms with E-state index in [1.807, 2.05) is 13.8 Å². The first kappa shape index (κ1) is 68.6. The number of halogens is 2. The molecule has 13 atom stereocenters. The lowest BCUT2D eigenvalue weighted by Crippen LogP contribution is -2.59. The maximum Gasteiger partial charge on any atom is 0.541 e. The molecular formula is C61H65Cl2N8O21+. The van der Waals surface area contributed by atoms with Gasteiger partial charge < -0.3 is 103 Å². The third kappa shape index (κ3) is 15.2. The standard InChI is InChI=1S/C61H64Cl2N8O21/c1-23(2)12-34(65-4)55(82)71-50-53(81)27-8-11-40(33(63)15-27)90-42-17-28-16-41(54(42)92-61-52(80)24(3)51(79)43(22-72)91-61)89-39-10-7-25(14-32(39)62)37(75)21-45(78)68-49(60(87)88)31-18-29(73)19-38(76)46(31)30-13-26(6-9-36(30)74)47(57(84)66-5)70-58(85)48(28)69-56(83)35(20-44(64)77)67-59(50)86/h5-11,13-19,23-24,34-35,37,43,47-53,61,65,72,75,79-81H,12,20-22H2,1-4H3,(H10-,64,67,68,69,70,71,73,74,76,77,78,82,83,85,86,87,88)/p+1/t24-,34+,35?,37-,43?,47+,48+,49-,50+,51-,52+,53+,61-/m0/s1. The van der Waals surface area contributed by atoms with Crippen LogP contribution in [-0.2, 0) is 43.1 Å². The number of aliphatic hydroxyl groups excluding tert-OH is 5. The molecule has 1 saturated heterocycles. The number of carbonyl (C=O) groups excluding carboxylic acids is 7. The quantitative estimate of drug-likeness (QED) is 0.0853. The highest BCUT2D eigenvalue weighted by molar-refractivity contribution is 6.32. The van der Waals surface area contributed by atoms with E-state index in [1.165, 1.54) is 38.2 Å². The lowest BCUT2D eigenvalue weighted by molar-refractivity contribution is -0.261. The van der Waals surface area contributed by atoms with E-state index in [0.717, 1.165) is 54.6 Å². The van der Waals surface area contributed by atoms with Gasteiger partial charge in [-0.05, 0) is 96.2 Å².